The van der Waals surface area contributed by atoms with Crippen LogP contribution in [0.5, 0.6) is 5.75 Å². The summed E-state index contributed by atoms with van der Waals surface area (Å²) in [5.41, 5.74) is 1.42. The lowest BCUT2D eigenvalue weighted by molar-refractivity contribution is -0.143. The number of hydrogen-bond donors (Lipinski definition) is 6. The fraction of sp³-hybridized carbons (Fsp3) is 0.471. The van der Waals surface area contributed by atoms with Gasteiger partial charge in [-0.05, 0) is 55.4 Å². The molecule has 0 spiro atoms. The van der Waals surface area contributed by atoms with E-state index in [1.54, 1.807) is 12.1 Å². The molecule has 2 fully saturated rings. The number of nitrogens with zero attached hydrogens (tertiary/aromatic N) is 1. The second kappa shape index (κ2) is 16.1. The van der Waals surface area contributed by atoms with Gasteiger partial charge in [-0.25, -0.2) is 0 Å². The van der Waals surface area contributed by atoms with Crippen LogP contribution in [0, 0.1) is 5.92 Å². The average Bonchev–Trinajstić information content (AvgIpc) is 3.53. The van der Waals surface area contributed by atoms with Crippen LogP contribution < -0.4 is 26.6 Å². The Balaban J connectivity index is 1.65. The number of aromatic hydroxyl groups is 1. The molecule has 2 aromatic carbocycles. The van der Waals surface area contributed by atoms with E-state index in [1.165, 1.54) is 24.0 Å². The van der Waals surface area contributed by atoms with E-state index in [0.29, 0.717) is 24.8 Å². The number of amides is 6. The molecule has 2 aliphatic heterocycles. The Morgan fingerprint density at radius 3 is 2.00 bits per heavy atom. The maximum atomic E-state index is 14.0. The molecule has 0 unspecified atom stereocenters. The Morgan fingerprint density at radius 1 is 0.745 bits per heavy atom. The molecule has 2 saturated heterocycles. The van der Waals surface area contributed by atoms with Crippen molar-refractivity contribution >= 4 is 35.4 Å². The quantitative estimate of drug-likeness (QED) is 0.260. The maximum absolute atomic E-state index is 14.0. The van der Waals surface area contributed by atoms with Gasteiger partial charge >= 0.3 is 0 Å². The molecule has 13 nitrogen and oxygen atoms in total. The van der Waals surface area contributed by atoms with Crippen LogP contribution >= 0.6 is 0 Å². The first-order valence-corrected chi connectivity index (χ1v) is 16.0. The lowest BCUT2D eigenvalue weighted by Gasteiger charge is -2.31. The van der Waals surface area contributed by atoms with Crippen molar-refractivity contribution in [2.45, 2.75) is 83.1 Å². The van der Waals surface area contributed by atoms with Crippen molar-refractivity contribution in [3.05, 3.63) is 65.7 Å². The monoisotopic (exact) mass is 648 g/mol. The van der Waals surface area contributed by atoms with Gasteiger partial charge < -0.3 is 36.6 Å². The number of phenols is 1. The fourth-order valence-electron chi connectivity index (χ4n) is 5.82. The van der Waals surface area contributed by atoms with E-state index < -0.39 is 72.2 Å². The molecule has 2 aromatic rings. The van der Waals surface area contributed by atoms with Gasteiger partial charge in [0.15, 0.2) is 0 Å². The molecule has 0 saturated carbocycles. The average molecular weight is 649 g/mol. The molecule has 47 heavy (non-hydrogen) atoms. The SMILES string of the molecule is CC(C)C[C@H]1NC(=O)[C@H](Cc2ccccc2)NC(=O)CNC(=O)[C@@H](C)NC(=O)[C@H](Cc2ccc(O)cc2)NC(=O)[C@@H]2CCCN2C1=O. The Hall–Kier alpha value is -4.94. The first-order valence-electron chi connectivity index (χ1n) is 16.0. The molecule has 2 heterocycles. The van der Waals surface area contributed by atoms with Gasteiger partial charge in [-0.2, -0.15) is 0 Å². The van der Waals surface area contributed by atoms with Crippen LogP contribution in [-0.4, -0.2) is 88.7 Å². The molecule has 13 heteroatoms. The van der Waals surface area contributed by atoms with Crippen LogP contribution in [0.1, 0.15) is 51.2 Å². The van der Waals surface area contributed by atoms with Crippen molar-refractivity contribution in [3.63, 3.8) is 0 Å². The van der Waals surface area contributed by atoms with Gasteiger partial charge in [0.25, 0.3) is 0 Å². The van der Waals surface area contributed by atoms with E-state index in [-0.39, 0.29) is 31.1 Å². The fourth-order valence-corrected chi connectivity index (χ4v) is 5.82. The third-order valence-corrected chi connectivity index (χ3v) is 8.28. The van der Waals surface area contributed by atoms with Gasteiger partial charge in [0, 0.05) is 19.4 Å². The summed E-state index contributed by atoms with van der Waals surface area (Å²) in [6.07, 6.45) is 1.38. The lowest BCUT2D eigenvalue weighted by atomic mass is 10.00. The Labute approximate surface area is 274 Å². The second-order valence-corrected chi connectivity index (χ2v) is 12.6. The van der Waals surface area contributed by atoms with Gasteiger partial charge in [0.05, 0.1) is 6.54 Å². The number of benzene rings is 2. The molecular weight excluding hydrogens is 604 g/mol. The van der Waals surface area contributed by atoms with Crippen LogP contribution in [0.3, 0.4) is 0 Å². The topological polar surface area (TPSA) is 186 Å². The van der Waals surface area contributed by atoms with E-state index in [4.69, 9.17) is 0 Å². The Morgan fingerprint density at radius 2 is 1.34 bits per heavy atom. The maximum Gasteiger partial charge on any atom is 0.245 e. The largest absolute Gasteiger partial charge is 0.508 e. The molecule has 0 radical (unpaired) electrons. The first kappa shape index (κ1) is 34.9. The molecule has 4 rings (SSSR count). The van der Waals surface area contributed by atoms with Crippen molar-refractivity contribution in [2.24, 2.45) is 5.92 Å². The van der Waals surface area contributed by atoms with Gasteiger partial charge in [-0.3, -0.25) is 28.8 Å². The lowest BCUT2D eigenvalue weighted by Crippen LogP contribution is -2.60. The summed E-state index contributed by atoms with van der Waals surface area (Å²) in [6, 6.07) is 10.1. The van der Waals surface area contributed by atoms with Gasteiger partial charge in [0.1, 0.15) is 36.0 Å². The van der Waals surface area contributed by atoms with Crippen molar-refractivity contribution in [1.29, 1.82) is 0 Å². The highest BCUT2D eigenvalue weighted by Crippen LogP contribution is 2.21. The minimum absolute atomic E-state index is 0.00902. The summed E-state index contributed by atoms with van der Waals surface area (Å²) in [5, 5.41) is 23.1. The number of nitrogens with one attached hydrogen (secondary N) is 5. The first-order chi connectivity index (χ1) is 22.4. The smallest absolute Gasteiger partial charge is 0.245 e. The van der Waals surface area contributed by atoms with Gasteiger partial charge in [-0.1, -0.05) is 56.3 Å². The van der Waals surface area contributed by atoms with Crippen LogP contribution in [0.15, 0.2) is 54.6 Å². The molecular formula is C34H44N6O7. The van der Waals surface area contributed by atoms with E-state index in [1.807, 2.05) is 44.2 Å². The summed E-state index contributed by atoms with van der Waals surface area (Å²) in [7, 11) is 0. The van der Waals surface area contributed by atoms with E-state index in [9.17, 15) is 33.9 Å². The molecule has 6 N–H and O–H groups in total. The van der Waals surface area contributed by atoms with Crippen LogP contribution in [0.25, 0.3) is 0 Å². The predicted octanol–water partition coefficient (Wildman–Crippen LogP) is 0.303. The van der Waals surface area contributed by atoms with Gasteiger partial charge in [-0.15, -0.1) is 0 Å². The summed E-state index contributed by atoms with van der Waals surface area (Å²) >= 11 is 0. The highest BCUT2D eigenvalue weighted by molar-refractivity contribution is 5.97. The molecule has 2 aliphatic rings. The Kier molecular flexibility index (Phi) is 11.9. The number of carbonyl (C=O) groups is 6. The third-order valence-electron chi connectivity index (χ3n) is 8.28. The van der Waals surface area contributed by atoms with Crippen LogP contribution in [0.2, 0.25) is 0 Å². The zero-order valence-corrected chi connectivity index (χ0v) is 27.0. The predicted molar refractivity (Wildman–Crippen MR) is 173 cm³/mol. The van der Waals surface area contributed by atoms with Gasteiger partial charge in [0.2, 0.25) is 35.4 Å². The molecule has 0 aromatic heterocycles. The van der Waals surface area contributed by atoms with Crippen LogP contribution in [0.4, 0.5) is 0 Å². The molecule has 5 atom stereocenters. The highest BCUT2D eigenvalue weighted by atomic mass is 16.3. The normalized spacial score (nSPS) is 25.1. The molecule has 6 amide bonds. The molecule has 0 bridgehead atoms. The van der Waals surface area contributed by atoms with Crippen molar-refractivity contribution in [3.8, 4) is 5.75 Å². The molecule has 0 aliphatic carbocycles. The summed E-state index contributed by atoms with van der Waals surface area (Å²) in [4.78, 5) is 82.3. The number of phenolic OH excluding ortho intramolecular Hbond substituents is 1. The van der Waals surface area contributed by atoms with Crippen molar-refractivity contribution in [1.82, 2.24) is 31.5 Å². The van der Waals surface area contributed by atoms with E-state index in [0.717, 1.165) is 5.56 Å². The number of carbonyl (C=O) groups excluding carboxylic acids is 6. The van der Waals surface area contributed by atoms with Crippen LogP contribution in [-0.2, 0) is 41.6 Å². The Bertz CT molecular complexity index is 1450. The summed E-state index contributed by atoms with van der Waals surface area (Å²) in [5.74, 6) is -3.37. The highest BCUT2D eigenvalue weighted by Gasteiger charge is 2.40. The summed E-state index contributed by atoms with van der Waals surface area (Å²) in [6.45, 7) is 5.10. The standard InChI is InChI=1S/C34H44N6O7/c1-20(2)16-27-34(47)40-15-7-10-28(40)33(46)38-26(18-23-11-13-24(41)14-12-23)31(44)36-21(3)30(43)35-19-29(42)37-25(32(45)39-27)17-22-8-5-4-6-9-22/h4-6,8-9,11-14,20-21,25-28,41H,7,10,15-19H2,1-3H3,(H,35,43)(H,36,44)(H,37,42)(H,38,46)(H,39,45)/t21-,25+,26+,27-,28+/m1/s1. The van der Waals surface area contributed by atoms with E-state index in [2.05, 4.69) is 26.6 Å². The van der Waals surface area contributed by atoms with Crippen molar-refractivity contribution in [2.75, 3.05) is 13.1 Å². The third kappa shape index (κ3) is 9.77. The number of fused-ring (bicyclic) bond motifs is 1. The minimum Gasteiger partial charge on any atom is -0.508 e. The molecule has 252 valence electrons. The number of hydrogen-bond acceptors (Lipinski definition) is 7. The summed E-state index contributed by atoms with van der Waals surface area (Å²) < 4.78 is 0. The zero-order valence-electron chi connectivity index (χ0n) is 27.0. The van der Waals surface area contributed by atoms with E-state index >= 15 is 0 Å². The minimum atomic E-state index is -1.12. The zero-order chi connectivity index (χ0) is 34.1. The second-order valence-electron chi connectivity index (χ2n) is 12.6. The van der Waals surface area contributed by atoms with Crippen molar-refractivity contribution < 1.29 is 33.9 Å². The number of rotatable bonds is 6.